The summed E-state index contributed by atoms with van der Waals surface area (Å²) in [6, 6.07) is 4.08. The molecule has 98 valence electrons. The second-order valence-corrected chi connectivity index (χ2v) is 4.88. The number of benzene rings is 1. The van der Waals surface area contributed by atoms with E-state index in [-0.39, 0.29) is 5.54 Å². The van der Waals surface area contributed by atoms with Gasteiger partial charge >= 0.3 is 5.69 Å². The number of nitro groups is 1. The summed E-state index contributed by atoms with van der Waals surface area (Å²) < 4.78 is 13.4. The molecule has 0 bridgehead atoms. The maximum Gasteiger partial charge on any atom is 0.304 e. The molecule has 1 aliphatic carbocycles. The number of nitrogens with zero attached hydrogens (tertiary/aromatic N) is 1. The Morgan fingerprint density at radius 3 is 2.67 bits per heavy atom. The third-order valence-corrected chi connectivity index (χ3v) is 3.86. The van der Waals surface area contributed by atoms with Gasteiger partial charge in [-0.15, -0.1) is 0 Å². The lowest BCUT2D eigenvalue weighted by atomic mass is 9.75. The Balaban J connectivity index is 2.02. The molecule has 0 aromatic heterocycles. The topological polar surface area (TPSA) is 55.2 Å². The van der Waals surface area contributed by atoms with Crippen LogP contribution in [0.15, 0.2) is 18.2 Å². The number of rotatable bonds is 5. The van der Waals surface area contributed by atoms with Gasteiger partial charge in [0, 0.05) is 18.2 Å². The molecule has 0 amide bonds. The van der Waals surface area contributed by atoms with Crippen molar-refractivity contribution < 1.29 is 9.31 Å². The fourth-order valence-electron chi connectivity index (χ4n) is 2.36. The average Bonchev–Trinajstić information content (AvgIpc) is 2.27. The van der Waals surface area contributed by atoms with Crippen molar-refractivity contribution in [2.75, 3.05) is 0 Å². The summed E-state index contributed by atoms with van der Waals surface area (Å²) in [5.74, 6) is -0.765. The number of nitrogens with one attached hydrogen (secondary N) is 1. The van der Waals surface area contributed by atoms with Crippen LogP contribution < -0.4 is 5.32 Å². The first-order valence-corrected chi connectivity index (χ1v) is 6.24. The van der Waals surface area contributed by atoms with Gasteiger partial charge in [0.2, 0.25) is 5.82 Å². The van der Waals surface area contributed by atoms with Crippen LogP contribution in [-0.4, -0.2) is 10.5 Å². The van der Waals surface area contributed by atoms with Crippen molar-refractivity contribution in [3.63, 3.8) is 0 Å². The standard InChI is InChI=1S/C13H17FN2O2/c1-2-13(6-3-7-13)15-9-10-4-5-12(16(17)18)11(14)8-10/h4-5,8,15H,2-3,6-7,9H2,1H3. The van der Waals surface area contributed by atoms with Crippen molar-refractivity contribution in [2.45, 2.75) is 44.7 Å². The molecule has 1 saturated carbocycles. The van der Waals surface area contributed by atoms with Crippen molar-refractivity contribution >= 4 is 5.69 Å². The molecule has 2 rings (SSSR count). The van der Waals surface area contributed by atoms with Crippen LogP contribution in [0, 0.1) is 15.9 Å². The van der Waals surface area contributed by atoms with Gasteiger partial charge in [0.15, 0.2) is 0 Å². The second kappa shape index (κ2) is 5.02. The monoisotopic (exact) mass is 252 g/mol. The van der Waals surface area contributed by atoms with Crippen molar-refractivity contribution in [2.24, 2.45) is 0 Å². The van der Waals surface area contributed by atoms with Crippen molar-refractivity contribution in [3.8, 4) is 0 Å². The molecule has 1 aromatic rings. The van der Waals surface area contributed by atoms with Crippen molar-refractivity contribution in [1.82, 2.24) is 5.32 Å². The Kier molecular flexibility index (Phi) is 3.61. The molecule has 0 spiro atoms. The van der Waals surface area contributed by atoms with E-state index in [1.54, 1.807) is 6.07 Å². The Morgan fingerprint density at radius 1 is 1.50 bits per heavy atom. The summed E-state index contributed by atoms with van der Waals surface area (Å²) >= 11 is 0. The maximum absolute atomic E-state index is 13.4. The molecule has 18 heavy (non-hydrogen) atoms. The first kappa shape index (κ1) is 13.0. The molecule has 0 heterocycles. The van der Waals surface area contributed by atoms with E-state index in [2.05, 4.69) is 12.2 Å². The van der Waals surface area contributed by atoms with E-state index in [4.69, 9.17) is 0 Å². The first-order chi connectivity index (χ1) is 8.56. The highest BCUT2D eigenvalue weighted by molar-refractivity contribution is 5.35. The summed E-state index contributed by atoms with van der Waals surface area (Å²) in [7, 11) is 0. The van der Waals surface area contributed by atoms with Gasteiger partial charge < -0.3 is 5.32 Å². The van der Waals surface area contributed by atoms with Crippen LogP contribution in [0.25, 0.3) is 0 Å². The van der Waals surface area contributed by atoms with Crippen LogP contribution in [0.4, 0.5) is 10.1 Å². The summed E-state index contributed by atoms with van der Waals surface area (Å²) in [5, 5.41) is 13.9. The van der Waals surface area contributed by atoms with Gasteiger partial charge in [-0.3, -0.25) is 10.1 Å². The molecule has 0 saturated heterocycles. The predicted molar refractivity (Wildman–Crippen MR) is 66.8 cm³/mol. The molecule has 1 aromatic carbocycles. The third kappa shape index (κ3) is 2.51. The highest BCUT2D eigenvalue weighted by Crippen LogP contribution is 2.34. The number of hydrogen-bond acceptors (Lipinski definition) is 3. The lowest BCUT2D eigenvalue weighted by Crippen LogP contribution is -2.49. The van der Waals surface area contributed by atoms with E-state index < -0.39 is 16.4 Å². The van der Waals surface area contributed by atoms with Crippen LogP contribution >= 0.6 is 0 Å². The fraction of sp³-hybridized carbons (Fsp3) is 0.538. The smallest absolute Gasteiger partial charge is 0.304 e. The fourth-order valence-corrected chi connectivity index (χ4v) is 2.36. The van der Waals surface area contributed by atoms with E-state index in [0.717, 1.165) is 24.8 Å². The molecular weight excluding hydrogens is 235 g/mol. The zero-order chi connectivity index (χ0) is 13.2. The molecule has 0 atom stereocenters. The molecular formula is C13H17FN2O2. The van der Waals surface area contributed by atoms with Crippen molar-refractivity contribution in [3.05, 3.63) is 39.7 Å². The Bertz CT molecular complexity index is 453. The van der Waals surface area contributed by atoms with Gasteiger partial charge in [0.25, 0.3) is 0 Å². The minimum absolute atomic E-state index is 0.193. The van der Waals surface area contributed by atoms with Gasteiger partial charge in [0.1, 0.15) is 0 Å². The van der Waals surface area contributed by atoms with E-state index in [0.29, 0.717) is 6.54 Å². The van der Waals surface area contributed by atoms with E-state index in [1.807, 2.05) is 0 Å². The largest absolute Gasteiger partial charge is 0.307 e. The molecule has 1 fully saturated rings. The molecule has 1 N–H and O–H groups in total. The van der Waals surface area contributed by atoms with Gasteiger partial charge in [-0.2, -0.15) is 4.39 Å². The highest BCUT2D eigenvalue weighted by atomic mass is 19.1. The maximum atomic E-state index is 13.4. The van der Waals surface area contributed by atoms with Crippen LogP contribution in [-0.2, 0) is 6.54 Å². The zero-order valence-corrected chi connectivity index (χ0v) is 10.4. The lowest BCUT2D eigenvalue weighted by Gasteiger charge is -2.42. The molecule has 0 unspecified atom stereocenters. The van der Waals surface area contributed by atoms with Gasteiger partial charge in [-0.25, -0.2) is 0 Å². The summed E-state index contributed by atoms with van der Waals surface area (Å²) in [6.45, 7) is 2.70. The molecule has 1 aliphatic rings. The average molecular weight is 252 g/mol. The van der Waals surface area contributed by atoms with Gasteiger partial charge in [0.05, 0.1) is 4.92 Å². The van der Waals surface area contributed by atoms with Gasteiger partial charge in [-0.1, -0.05) is 13.0 Å². The van der Waals surface area contributed by atoms with E-state index in [1.165, 1.54) is 18.6 Å². The van der Waals surface area contributed by atoms with E-state index in [9.17, 15) is 14.5 Å². The highest BCUT2D eigenvalue weighted by Gasteiger charge is 2.34. The minimum atomic E-state index is -0.765. The Labute approximate surface area is 105 Å². The third-order valence-electron chi connectivity index (χ3n) is 3.86. The Hall–Kier alpha value is -1.49. The summed E-state index contributed by atoms with van der Waals surface area (Å²) in [4.78, 5) is 9.80. The molecule has 0 radical (unpaired) electrons. The van der Waals surface area contributed by atoms with E-state index >= 15 is 0 Å². The quantitative estimate of drug-likeness (QED) is 0.647. The number of halogens is 1. The van der Waals surface area contributed by atoms with Crippen LogP contribution in [0.1, 0.15) is 38.2 Å². The molecule has 5 heteroatoms. The predicted octanol–water partition coefficient (Wildman–Crippen LogP) is 3.16. The number of hydrogen-bond donors (Lipinski definition) is 1. The normalized spacial score (nSPS) is 17.2. The SMILES string of the molecule is CCC1(NCc2ccc([N+](=O)[O-])c(F)c2)CCC1. The van der Waals surface area contributed by atoms with Crippen molar-refractivity contribution in [1.29, 1.82) is 0 Å². The van der Waals surface area contributed by atoms with Gasteiger partial charge in [-0.05, 0) is 37.3 Å². The molecule has 4 nitrogen and oxygen atoms in total. The van der Waals surface area contributed by atoms with Crippen LogP contribution in [0.5, 0.6) is 0 Å². The summed E-state index contributed by atoms with van der Waals surface area (Å²) in [6.07, 6.45) is 4.59. The lowest BCUT2D eigenvalue weighted by molar-refractivity contribution is -0.387. The van der Waals surface area contributed by atoms with Crippen LogP contribution in [0.2, 0.25) is 0 Å². The summed E-state index contributed by atoms with van der Waals surface area (Å²) in [5.41, 5.74) is 0.476. The molecule has 0 aliphatic heterocycles. The zero-order valence-electron chi connectivity index (χ0n) is 10.4. The minimum Gasteiger partial charge on any atom is -0.307 e. The first-order valence-electron chi connectivity index (χ1n) is 6.24. The Morgan fingerprint density at radius 2 is 2.22 bits per heavy atom. The van der Waals surface area contributed by atoms with Crippen LogP contribution in [0.3, 0.4) is 0 Å². The second-order valence-electron chi connectivity index (χ2n) is 4.88. The number of nitro benzene ring substituents is 1.